The highest BCUT2D eigenvalue weighted by Gasteiger charge is 2.16. The first kappa shape index (κ1) is 17.7. The summed E-state index contributed by atoms with van der Waals surface area (Å²) >= 11 is 6.14. The number of nitrogens with one attached hydrogen (secondary N) is 1. The minimum atomic E-state index is -0.207. The van der Waals surface area contributed by atoms with E-state index in [1.54, 1.807) is 6.07 Å². The number of anilines is 1. The van der Waals surface area contributed by atoms with E-state index in [1.165, 1.54) is 12.8 Å². The highest BCUT2D eigenvalue weighted by atomic mass is 35.5. The van der Waals surface area contributed by atoms with Gasteiger partial charge >= 0.3 is 0 Å². The molecule has 0 atom stereocenters. The molecule has 6 heteroatoms. The lowest BCUT2D eigenvalue weighted by Gasteiger charge is -2.21. The molecule has 0 saturated carbocycles. The van der Waals surface area contributed by atoms with Crippen LogP contribution in [-0.4, -0.2) is 29.0 Å². The second-order valence-electron chi connectivity index (χ2n) is 6.37. The predicted octanol–water partition coefficient (Wildman–Crippen LogP) is 3.75. The minimum absolute atomic E-state index is 0.207. The van der Waals surface area contributed by atoms with Crippen molar-refractivity contribution in [3.05, 3.63) is 52.3 Å². The van der Waals surface area contributed by atoms with Crippen LogP contribution in [0.25, 0.3) is 0 Å². The van der Waals surface area contributed by atoms with Gasteiger partial charge in [0.1, 0.15) is 5.69 Å². The number of nitrogens with zero attached hydrogens (tertiary/aromatic N) is 3. The molecule has 0 unspecified atom stereocenters. The third-order valence-corrected chi connectivity index (χ3v) is 4.73. The molecule has 5 nitrogen and oxygen atoms in total. The third kappa shape index (κ3) is 4.69. The van der Waals surface area contributed by atoms with Crippen LogP contribution in [0.15, 0.2) is 30.3 Å². The SMILES string of the molecule is Cc1cc(C(=O)NCc2ccccc2Cl)nc(N2CCCCCC2)n1. The second-order valence-corrected chi connectivity index (χ2v) is 6.78. The number of aryl methyl sites for hydroxylation is 1. The fourth-order valence-corrected chi connectivity index (χ4v) is 3.19. The summed E-state index contributed by atoms with van der Waals surface area (Å²) in [4.78, 5) is 23.7. The van der Waals surface area contributed by atoms with Crippen molar-refractivity contribution in [2.24, 2.45) is 0 Å². The van der Waals surface area contributed by atoms with Gasteiger partial charge in [0.2, 0.25) is 5.95 Å². The number of amides is 1. The molecule has 1 aliphatic rings. The number of hydrogen-bond acceptors (Lipinski definition) is 4. The van der Waals surface area contributed by atoms with E-state index in [-0.39, 0.29) is 5.91 Å². The van der Waals surface area contributed by atoms with E-state index in [0.29, 0.717) is 23.2 Å². The summed E-state index contributed by atoms with van der Waals surface area (Å²) in [5.41, 5.74) is 2.09. The van der Waals surface area contributed by atoms with Gasteiger partial charge in [0.15, 0.2) is 0 Å². The summed E-state index contributed by atoms with van der Waals surface area (Å²) in [7, 11) is 0. The van der Waals surface area contributed by atoms with Crippen LogP contribution in [0, 0.1) is 6.92 Å². The van der Waals surface area contributed by atoms with Crippen molar-refractivity contribution in [1.82, 2.24) is 15.3 Å². The molecule has 1 amide bonds. The molecule has 0 bridgehead atoms. The maximum absolute atomic E-state index is 12.5. The first-order valence-corrected chi connectivity index (χ1v) is 9.13. The van der Waals surface area contributed by atoms with Gasteiger partial charge < -0.3 is 10.2 Å². The van der Waals surface area contributed by atoms with Crippen molar-refractivity contribution in [1.29, 1.82) is 0 Å². The molecule has 132 valence electrons. The first-order chi connectivity index (χ1) is 12.1. The second kappa shape index (κ2) is 8.30. The van der Waals surface area contributed by atoms with Crippen molar-refractivity contribution in [2.75, 3.05) is 18.0 Å². The highest BCUT2D eigenvalue weighted by Crippen LogP contribution is 2.17. The Hall–Kier alpha value is -2.14. The predicted molar refractivity (Wildman–Crippen MR) is 100 cm³/mol. The number of hydrogen-bond donors (Lipinski definition) is 1. The van der Waals surface area contributed by atoms with Gasteiger partial charge in [0.05, 0.1) is 0 Å². The van der Waals surface area contributed by atoms with E-state index in [1.807, 2.05) is 31.2 Å². The normalized spacial score (nSPS) is 14.9. The highest BCUT2D eigenvalue weighted by molar-refractivity contribution is 6.31. The largest absolute Gasteiger partial charge is 0.347 e. The summed E-state index contributed by atoms with van der Waals surface area (Å²) in [5, 5.41) is 3.54. The Morgan fingerprint density at radius 3 is 2.60 bits per heavy atom. The van der Waals surface area contributed by atoms with Crippen molar-refractivity contribution < 1.29 is 4.79 Å². The number of carbonyl (C=O) groups is 1. The summed E-state index contributed by atoms with van der Waals surface area (Å²) in [6, 6.07) is 9.21. The number of aromatic nitrogens is 2. The Bertz CT molecular complexity index is 742. The van der Waals surface area contributed by atoms with Gasteiger partial charge in [-0.1, -0.05) is 42.6 Å². The van der Waals surface area contributed by atoms with Gasteiger partial charge in [0.25, 0.3) is 5.91 Å². The maximum Gasteiger partial charge on any atom is 0.270 e. The maximum atomic E-state index is 12.5. The van der Waals surface area contributed by atoms with Gasteiger partial charge in [-0.05, 0) is 37.5 Å². The molecule has 25 heavy (non-hydrogen) atoms. The quantitative estimate of drug-likeness (QED) is 0.904. The van der Waals surface area contributed by atoms with Crippen LogP contribution in [0.1, 0.15) is 47.4 Å². The lowest BCUT2D eigenvalue weighted by molar-refractivity contribution is 0.0945. The molecule has 1 N–H and O–H groups in total. The van der Waals surface area contributed by atoms with Crippen LogP contribution < -0.4 is 10.2 Å². The van der Waals surface area contributed by atoms with E-state index in [0.717, 1.165) is 37.2 Å². The summed E-state index contributed by atoms with van der Waals surface area (Å²) < 4.78 is 0. The van der Waals surface area contributed by atoms with Crippen LogP contribution in [0.3, 0.4) is 0 Å². The molecule has 0 aliphatic carbocycles. The zero-order valence-electron chi connectivity index (χ0n) is 14.5. The molecule has 2 heterocycles. The van der Waals surface area contributed by atoms with Crippen molar-refractivity contribution in [3.63, 3.8) is 0 Å². The summed E-state index contributed by atoms with van der Waals surface area (Å²) in [5.74, 6) is 0.450. The Morgan fingerprint density at radius 2 is 1.88 bits per heavy atom. The fourth-order valence-electron chi connectivity index (χ4n) is 2.99. The molecular formula is C19H23ClN4O. The van der Waals surface area contributed by atoms with Crippen LogP contribution in [0.4, 0.5) is 5.95 Å². The lowest BCUT2D eigenvalue weighted by Crippen LogP contribution is -2.29. The molecular weight excluding hydrogens is 336 g/mol. The topological polar surface area (TPSA) is 58.1 Å². The minimum Gasteiger partial charge on any atom is -0.347 e. The number of halogens is 1. The van der Waals surface area contributed by atoms with E-state index in [2.05, 4.69) is 20.2 Å². The van der Waals surface area contributed by atoms with Gasteiger partial charge in [-0.15, -0.1) is 0 Å². The molecule has 1 aliphatic heterocycles. The molecule has 1 aromatic carbocycles. The van der Waals surface area contributed by atoms with E-state index in [9.17, 15) is 4.79 Å². The first-order valence-electron chi connectivity index (χ1n) is 8.76. The van der Waals surface area contributed by atoms with E-state index in [4.69, 9.17) is 11.6 Å². The molecule has 0 radical (unpaired) electrons. The Kier molecular flexibility index (Phi) is 5.87. The Labute approximate surface area is 153 Å². The Morgan fingerprint density at radius 1 is 1.16 bits per heavy atom. The summed E-state index contributed by atoms with van der Waals surface area (Å²) in [6.07, 6.45) is 4.78. The summed E-state index contributed by atoms with van der Waals surface area (Å²) in [6.45, 7) is 4.17. The van der Waals surface area contributed by atoms with Crippen molar-refractivity contribution in [2.45, 2.75) is 39.2 Å². The molecule has 3 rings (SSSR count). The smallest absolute Gasteiger partial charge is 0.270 e. The van der Waals surface area contributed by atoms with Crippen LogP contribution in [0.2, 0.25) is 5.02 Å². The van der Waals surface area contributed by atoms with Crippen LogP contribution in [-0.2, 0) is 6.54 Å². The average molecular weight is 359 g/mol. The standard InChI is InChI=1S/C19H23ClN4O/c1-14-12-17(18(25)21-13-15-8-4-5-9-16(15)20)23-19(22-14)24-10-6-2-3-7-11-24/h4-5,8-9,12H,2-3,6-7,10-11,13H2,1H3,(H,21,25). The third-order valence-electron chi connectivity index (χ3n) is 4.36. The fraction of sp³-hybridized carbons (Fsp3) is 0.421. The van der Waals surface area contributed by atoms with Crippen LogP contribution >= 0.6 is 11.6 Å². The van der Waals surface area contributed by atoms with Gasteiger partial charge in [-0.2, -0.15) is 0 Å². The van der Waals surface area contributed by atoms with E-state index < -0.39 is 0 Å². The lowest BCUT2D eigenvalue weighted by atomic mass is 10.2. The molecule has 1 fully saturated rings. The molecule has 1 aromatic heterocycles. The zero-order chi connectivity index (χ0) is 17.6. The van der Waals surface area contributed by atoms with Crippen molar-refractivity contribution in [3.8, 4) is 0 Å². The number of benzene rings is 1. The Balaban J connectivity index is 1.72. The monoisotopic (exact) mass is 358 g/mol. The number of rotatable bonds is 4. The molecule has 2 aromatic rings. The van der Waals surface area contributed by atoms with Gasteiger partial charge in [-0.3, -0.25) is 4.79 Å². The number of carbonyl (C=O) groups excluding carboxylic acids is 1. The van der Waals surface area contributed by atoms with Gasteiger partial charge in [0, 0.05) is 30.4 Å². The average Bonchev–Trinajstić information content (AvgIpc) is 2.89. The van der Waals surface area contributed by atoms with Crippen molar-refractivity contribution >= 4 is 23.5 Å². The van der Waals surface area contributed by atoms with Gasteiger partial charge in [-0.25, -0.2) is 9.97 Å². The molecule has 1 saturated heterocycles. The van der Waals surface area contributed by atoms with E-state index >= 15 is 0 Å². The molecule has 0 spiro atoms. The zero-order valence-corrected chi connectivity index (χ0v) is 15.2. The van der Waals surface area contributed by atoms with Crippen LogP contribution in [0.5, 0.6) is 0 Å².